The van der Waals surface area contributed by atoms with E-state index in [2.05, 4.69) is 46.4 Å². The normalized spacial score (nSPS) is 11.7. The maximum absolute atomic E-state index is 13.5. The molecule has 0 radical (unpaired) electrons. The van der Waals surface area contributed by atoms with Crippen LogP contribution in [0.3, 0.4) is 0 Å². The third kappa shape index (κ3) is 9.69. The lowest BCUT2D eigenvalue weighted by molar-refractivity contribution is -0.117. The molecule has 2 heterocycles. The van der Waals surface area contributed by atoms with E-state index in [1.165, 1.54) is 24.2 Å². The highest BCUT2D eigenvalue weighted by atomic mass is 35.5. The standard InChI is InChI=1S/C34H32Cl2N10O4/c1-45(2)19-32(48)38-25-10-4-21(5-11-25)16-28(40-31(47)15-8-23-17-24(35)9-14-30(23)46-20-37-43-44-46)29-18-27(33(36)42-41-29)22-6-12-26(13-7-22)39-34(49)50-3/h4-15,17-18,20,28H,16,19H2,1-3H3,(H,38,48)(H,39,49)(H,40,47)/b15-8+/t28-/m0/s1. The average Bonchev–Trinajstić information content (AvgIpc) is 3.63. The Labute approximate surface area is 297 Å². The zero-order chi connectivity index (χ0) is 35.6. The SMILES string of the molecule is COC(=O)Nc1ccc(-c2cc([C@H](Cc3ccc(NC(=O)CN(C)C)cc3)NC(=O)/C=C/c3cc(Cl)ccc3-n3cnnn3)nnc2Cl)cc1. The second kappa shape index (κ2) is 16.6. The van der Waals surface area contributed by atoms with Gasteiger partial charge in [-0.15, -0.1) is 10.2 Å². The van der Waals surface area contributed by atoms with Gasteiger partial charge in [-0.3, -0.25) is 14.9 Å². The minimum absolute atomic E-state index is 0.138. The number of hydrogen-bond donors (Lipinski definition) is 3. The smallest absolute Gasteiger partial charge is 0.411 e. The van der Waals surface area contributed by atoms with Gasteiger partial charge in [-0.05, 0) is 96.7 Å². The molecule has 0 saturated carbocycles. The highest BCUT2D eigenvalue weighted by Crippen LogP contribution is 2.30. The van der Waals surface area contributed by atoms with E-state index in [1.54, 1.807) is 71.6 Å². The summed E-state index contributed by atoms with van der Waals surface area (Å²) < 4.78 is 6.12. The van der Waals surface area contributed by atoms with Crippen LogP contribution in [0.2, 0.25) is 10.2 Å². The van der Waals surface area contributed by atoms with Crippen molar-refractivity contribution in [3.05, 3.63) is 112 Å². The van der Waals surface area contributed by atoms with E-state index in [0.29, 0.717) is 50.9 Å². The molecule has 0 spiro atoms. The second-order valence-electron chi connectivity index (χ2n) is 11.2. The van der Waals surface area contributed by atoms with Crippen LogP contribution in [-0.4, -0.2) is 81.0 Å². The molecular weight excluding hydrogens is 683 g/mol. The summed E-state index contributed by atoms with van der Waals surface area (Å²) in [6.07, 6.45) is 4.17. The van der Waals surface area contributed by atoms with Gasteiger partial charge >= 0.3 is 6.09 Å². The number of carbonyl (C=O) groups is 3. The maximum atomic E-state index is 13.5. The summed E-state index contributed by atoms with van der Waals surface area (Å²) in [5.41, 5.74) is 4.99. The van der Waals surface area contributed by atoms with Crippen molar-refractivity contribution in [2.75, 3.05) is 38.4 Å². The molecular formula is C34H32Cl2N10O4. The van der Waals surface area contributed by atoms with E-state index in [9.17, 15) is 14.4 Å². The molecule has 14 nitrogen and oxygen atoms in total. The molecule has 0 aliphatic carbocycles. The summed E-state index contributed by atoms with van der Waals surface area (Å²) in [6.45, 7) is 0.248. The minimum atomic E-state index is -0.650. The summed E-state index contributed by atoms with van der Waals surface area (Å²) in [7, 11) is 4.91. The van der Waals surface area contributed by atoms with Gasteiger partial charge in [0.2, 0.25) is 11.8 Å². The number of nitrogens with zero attached hydrogens (tertiary/aromatic N) is 7. The lowest BCUT2D eigenvalue weighted by Crippen LogP contribution is -2.29. The van der Waals surface area contributed by atoms with Crippen LogP contribution in [0.1, 0.15) is 22.9 Å². The Balaban J connectivity index is 1.42. The van der Waals surface area contributed by atoms with E-state index in [0.717, 1.165) is 5.56 Å². The largest absolute Gasteiger partial charge is 0.453 e. The molecule has 0 unspecified atom stereocenters. The van der Waals surface area contributed by atoms with Crippen LogP contribution >= 0.6 is 23.2 Å². The van der Waals surface area contributed by atoms with Crippen LogP contribution in [0.15, 0.2) is 85.2 Å². The summed E-state index contributed by atoms with van der Waals surface area (Å²) in [5.74, 6) is -0.553. The molecule has 5 rings (SSSR count). The molecule has 256 valence electrons. The van der Waals surface area contributed by atoms with Crippen LogP contribution in [-0.2, 0) is 20.7 Å². The Morgan fingerprint density at radius 1 is 0.940 bits per heavy atom. The van der Waals surface area contributed by atoms with Gasteiger partial charge in [-0.2, -0.15) is 9.78 Å². The van der Waals surface area contributed by atoms with Gasteiger partial charge in [0, 0.05) is 33.6 Å². The number of ether oxygens (including phenoxy) is 1. The molecule has 50 heavy (non-hydrogen) atoms. The molecule has 3 N–H and O–H groups in total. The molecule has 0 bridgehead atoms. The van der Waals surface area contributed by atoms with Crippen LogP contribution in [0.4, 0.5) is 16.2 Å². The van der Waals surface area contributed by atoms with Crippen LogP contribution in [0, 0.1) is 0 Å². The van der Waals surface area contributed by atoms with Crippen LogP contribution < -0.4 is 16.0 Å². The molecule has 3 amide bonds. The van der Waals surface area contributed by atoms with Gasteiger partial charge < -0.3 is 20.3 Å². The summed E-state index contributed by atoms with van der Waals surface area (Å²) >= 11 is 12.8. The first-order valence-corrected chi connectivity index (χ1v) is 15.9. The molecule has 0 fully saturated rings. The third-order valence-corrected chi connectivity index (χ3v) is 7.72. The second-order valence-corrected chi connectivity index (χ2v) is 12.0. The highest BCUT2D eigenvalue weighted by molar-refractivity contribution is 6.32. The van der Waals surface area contributed by atoms with Crippen LogP contribution in [0.25, 0.3) is 22.9 Å². The Bertz CT molecular complexity index is 1990. The number of nitrogens with one attached hydrogen (secondary N) is 3. The van der Waals surface area contributed by atoms with Gasteiger partial charge in [-0.25, -0.2) is 4.79 Å². The van der Waals surface area contributed by atoms with Gasteiger partial charge in [0.25, 0.3) is 0 Å². The number of aromatic nitrogens is 6. The fraction of sp³-hybridized carbons (Fsp3) is 0.176. The zero-order valence-electron chi connectivity index (χ0n) is 27.2. The topological polar surface area (TPSA) is 169 Å². The van der Waals surface area contributed by atoms with E-state index < -0.39 is 18.0 Å². The number of hydrogen-bond acceptors (Lipinski definition) is 10. The number of carbonyl (C=O) groups excluding carboxylic acids is 3. The number of benzene rings is 3. The van der Waals surface area contributed by atoms with E-state index in [4.69, 9.17) is 23.2 Å². The molecule has 2 aromatic heterocycles. The first-order valence-electron chi connectivity index (χ1n) is 15.1. The van der Waals surface area contributed by atoms with Crippen molar-refractivity contribution in [2.24, 2.45) is 0 Å². The molecule has 0 aliphatic rings. The fourth-order valence-electron chi connectivity index (χ4n) is 4.87. The first kappa shape index (κ1) is 35.6. The molecule has 3 aromatic carbocycles. The number of anilines is 2. The molecule has 5 aromatic rings. The Morgan fingerprint density at radius 2 is 1.66 bits per heavy atom. The van der Waals surface area contributed by atoms with Crippen molar-refractivity contribution < 1.29 is 19.1 Å². The quantitative estimate of drug-likeness (QED) is 0.146. The highest BCUT2D eigenvalue weighted by Gasteiger charge is 2.20. The van der Waals surface area contributed by atoms with Gasteiger partial charge in [0.1, 0.15) is 6.33 Å². The predicted octanol–water partition coefficient (Wildman–Crippen LogP) is 5.22. The number of amides is 3. The monoisotopic (exact) mass is 714 g/mol. The lowest BCUT2D eigenvalue weighted by atomic mass is 10.00. The van der Waals surface area contributed by atoms with Crippen molar-refractivity contribution >= 4 is 58.6 Å². The summed E-state index contributed by atoms with van der Waals surface area (Å²) in [4.78, 5) is 39.1. The van der Waals surface area contributed by atoms with Crippen LogP contribution in [0.5, 0.6) is 0 Å². The molecule has 0 aliphatic heterocycles. The van der Waals surface area contributed by atoms with Crippen molar-refractivity contribution in [3.63, 3.8) is 0 Å². The van der Waals surface area contributed by atoms with E-state index >= 15 is 0 Å². The molecule has 0 saturated heterocycles. The zero-order valence-corrected chi connectivity index (χ0v) is 28.7. The predicted molar refractivity (Wildman–Crippen MR) is 190 cm³/mol. The number of rotatable bonds is 12. The summed E-state index contributed by atoms with van der Waals surface area (Å²) in [6, 6.07) is 20.5. The summed E-state index contributed by atoms with van der Waals surface area (Å²) in [5, 5.41) is 29.0. The number of methoxy groups -OCH3 is 1. The maximum Gasteiger partial charge on any atom is 0.411 e. The minimum Gasteiger partial charge on any atom is -0.453 e. The Hall–Kier alpha value is -5.70. The fourth-order valence-corrected chi connectivity index (χ4v) is 5.25. The van der Waals surface area contributed by atoms with Gasteiger partial charge in [0.15, 0.2) is 5.15 Å². The van der Waals surface area contributed by atoms with Gasteiger partial charge in [0.05, 0.1) is 31.1 Å². The van der Waals surface area contributed by atoms with Crippen molar-refractivity contribution in [3.8, 4) is 16.8 Å². The van der Waals surface area contributed by atoms with E-state index in [1.807, 2.05) is 26.2 Å². The Morgan fingerprint density at radius 3 is 2.34 bits per heavy atom. The van der Waals surface area contributed by atoms with Crippen molar-refractivity contribution in [1.82, 2.24) is 40.6 Å². The first-order chi connectivity index (χ1) is 24.1. The van der Waals surface area contributed by atoms with Gasteiger partial charge in [-0.1, -0.05) is 47.5 Å². The molecule has 16 heteroatoms. The number of likely N-dealkylation sites (N-methyl/N-ethyl adjacent to an activating group) is 1. The van der Waals surface area contributed by atoms with Crippen molar-refractivity contribution in [2.45, 2.75) is 12.5 Å². The van der Waals surface area contributed by atoms with Crippen molar-refractivity contribution in [1.29, 1.82) is 0 Å². The lowest BCUT2D eigenvalue weighted by Gasteiger charge is -2.19. The Kier molecular flexibility index (Phi) is 11.8. The number of halogens is 2. The number of tetrazole rings is 1. The van der Waals surface area contributed by atoms with E-state index in [-0.39, 0.29) is 17.6 Å². The average molecular weight is 716 g/mol. The molecule has 1 atom stereocenters. The third-order valence-electron chi connectivity index (χ3n) is 7.21.